The number of aromatic nitrogens is 1. The number of piperidine rings is 1. The molecule has 9 heteroatoms. The third-order valence-electron chi connectivity index (χ3n) is 7.77. The smallest absolute Gasteiger partial charge is 0.343 e. The van der Waals surface area contributed by atoms with Crippen molar-refractivity contribution in [3.8, 4) is 0 Å². The molecule has 0 aliphatic carbocycles. The van der Waals surface area contributed by atoms with Gasteiger partial charge in [-0.15, -0.1) is 0 Å². The number of halogens is 1. The van der Waals surface area contributed by atoms with Crippen molar-refractivity contribution in [3.63, 3.8) is 0 Å². The van der Waals surface area contributed by atoms with Gasteiger partial charge in [-0.05, 0) is 38.2 Å². The van der Waals surface area contributed by atoms with E-state index >= 15 is 4.39 Å². The average Bonchev–Trinajstić information content (AvgIpc) is 2.85. The molecule has 3 atom stereocenters. The predicted molar refractivity (Wildman–Crippen MR) is 131 cm³/mol. The van der Waals surface area contributed by atoms with Crippen molar-refractivity contribution in [2.45, 2.75) is 45.3 Å². The lowest BCUT2D eigenvalue weighted by Gasteiger charge is -2.38. The lowest BCUT2D eigenvalue weighted by molar-refractivity contribution is 0.0194. The SMILES string of the molecule is C[C@H]1CN(c2c(F)cc3c(=O)c(C(=O)OCCN4CCOCC4)cn4c3c2CC[C@@H]4C)CC[C@@H]1O. The number of anilines is 1. The van der Waals surface area contributed by atoms with Crippen molar-refractivity contribution in [1.29, 1.82) is 0 Å². The zero-order valence-corrected chi connectivity index (χ0v) is 20.5. The van der Waals surface area contributed by atoms with E-state index in [2.05, 4.69) is 4.90 Å². The molecule has 0 radical (unpaired) electrons. The van der Waals surface area contributed by atoms with Crippen LogP contribution in [-0.2, 0) is 15.9 Å². The van der Waals surface area contributed by atoms with Gasteiger partial charge in [-0.25, -0.2) is 9.18 Å². The number of benzene rings is 1. The number of hydrogen-bond donors (Lipinski definition) is 1. The number of aliphatic hydroxyl groups is 1. The number of ether oxygens (including phenoxy) is 2. The molecule has 0 unspecified atom stereocenters. The van der Waals surface area contributed by atoms with Gasteiger partial charge < -0.3 is 24.0 Å². The third-order valence-corrected chi connectivity index (χ3v) is 7.77. The van der Waals surface area contributed by atoms with E-state index in [1.807, 2.05) is 23.3 Å². The molecule has 2 fully saturated rings. The van der Waals surface area contributed by atoms with Gasteiger partial charge in [0, 0.05) is 55.9 Å². The largest absolute Gasteiger partial charge is 0.461 e. The lowest BCUT2D eigenvalue weighted by Crippen LogP contribution is -2.43. The molecule has 1 N–H and O–H groups in total. The van der Waals surface area contributed by atoms with Gasteiger partial charge >= 0.3 is 5.97 Å². The summed E-state index contributed by atoms with van der Waals surface area (Å²) >= 11 is 0. The van der Waals surface area contributed by atoms with E-state index in [0.29, 0.717) is 56.9 Å². The molecule has 0 spiro atoms. The molecular formula is C26H34FN3O5. The zero-order chi connectivity index (χ0) is 24.7. The molecule has 0 amide bonds. The van der Waals surface area contributed by atoms with Crippen LogP contribution in [0.4, 0.5) is 10.1 Å². The van der Waals surface area contributed by atoms with Gasteiger partial charge in [0.05, 0.1) is 30.5 Å². The number of carbonyl (C=O) groups excluding carboxylic acids is 1. The Morgan fingerprint density at radius 2 is 2.00 bits per heavy atom. The van der Waals surface area contributed by atoms with Gasteiger partial charge in [-0.3, -0.25) is 9.69 Å². The molecule has 190 valence electrons. The highest BCUT2D eigenvalue weighted by Gasteiger charge is 2.32. The number of rotatable bonds is 5. The van der Waals surface area contributed by atoms with Crippen molar-refractivity contribution in [1.82, 2.24) is 9.47 Å². The van der Waals surface area contributed by atoms with E-state index < -0.39 is 17.2 Å². The van der Waals surface area contributed by atoms with E-state index in [1.54, 1.807) is 6.20 Å². The molecule has 5 rings (SSSR count). The van der Waals surface area contributed by atoms with Crippen molar-refractivity contribution in [2.75, 3.05) is 57.4 Å². The Labute approximate surface area is 204 Å². The van der Waals surface area contributed by atoms with E-state index in [-0.39, 0.29) is 35.6 Å². The van der Waals surface area contributed by atoms with Gasteiger partial charge in [-0.1, -0.05) is 6.92 Å². The van der Waals surface area contributed by atoms with E-state index in [4.69, 9.17) is 9.47 Å². The van der Waals surface area contributed by atoms with Crippen LogP contribution >= 0.6 is 0 Å². The first-order valence-electron chi connectivity index (χ1n) is 12.7. The second-order valence-electron chi connectivity index (χ2n) is 10.1. The fraction of sp³-hybridized carbons (Fsp3) is 0.615. The number of hydrogen-bond acceptors (Lipinski definition) is 7. The fourth-order valence-corrected chi connectivity index (χ4v) is 5.63. The molecule has 1 aromatic carbocycles. The molecule has 3 aliphatic rings. The first kappa shape index (κ1) is 24.2. The number of morpholine rings is 1. The molecule has 35 heavy (non-hydrogen) atoms. The van der Waals surface area contributed by atoms with Gasteiger partial charge in [-0.2, -0.15) is 0 Å². The standard InChI is InChI=1S/C26H34FN3O5/c1-16-14-29(6-5-22(16)31)24-18-4-3-17(2)30-15-20(25(32)19(23(18)30)13-21(24)27)26(33)35-12-9-28-7-10-34-11-8-28/h13,15-17,22,31H,3-12,14H2,1-2H3/t16-,17-,22-/m0/s1. The first-order valence-corrected chi connectivity index (χ1v) is 12.7. The van der Waals surface area contributed by atoms with Crippen LogP contribution < -0.4 is 10.3 Å². The number of aliphatic hydroxyl groups excluding tert-OH is 1. The van der Waals surface area contributed by atoms with Crippen molar-refractivity contribution >= 4 is 22.6 Å². The van der Waals surface area contributed by atoms with Gasteiger partial charge in [0.1, 0.15) is 18.0 Å². The summed E-state index contributed by atoms with van der Waals surface area (Å²) in [5, 5.41) is 10.4. The van der Waals surface area contributed by atoms with Gasteiger partial charge in [0.2, 0.25) is 5.43 Å². The maximum absolute atomic E-state index is 15.6. The summed E-state index contributed by atoms with van der Waals surface area (Å²) in [6.07, 6.45) is 3.22. The number of esters is 1. The van der Waals surface area contributed by atoms with Crippen LogP contribution in [0.25, 0.3) is 10.9 Å². The maximum atomic E-state index is 15.6. The minimum atomic E-state index is -0.670. The molecular weight excluding hydrogens is 453 g/mol. The average molecular weight is 488 g/mol. The second kappa shape index (κ2) is 9.87. The zero-order valence-electron chi connectivity index (χ0n) is 20.5. The number of aryl methyl sites for hydroxylation is 1. The summed E-state index contributed by atoms with van der Waals surface area (Å²) in [6.45, 7) is 8.80. The monoisotopic (exact) mass is 487 g/mol. The summed E-state index contributed by atoms with van der Waals surface area (Å²) < 4.78 is 28.3. The van der Waals surface area contributed by atoms with E-state index in [1.165, 1.54) is 6.07 Å². The van der Waals surface area contributed by atoms with Crippen molar-refractivity contribution in [3.05, 3.63) is 39.4 Å². The Morgan fingerprint density at radius 3 is 2.74 bits per heavy atom. The topological polar surface area (TPSA) is 84.2 Å². The summed E-state index contributed by atoms with van der Waals surface area (Å²) in [5.74, 6) is -1.09. The van der Waals surface area contributed by atoms with Crippen LogP contribution in [0.15, 0.2) is 17.1 Å². The normalized spacial score (nSPS) is 25.1. The predicted octanol–water partition coefficient (Wildman–Crippen LogP) is 2.34. The molecule has 2 aromatic rings. The summed E-state index contributed by atoms with van der Waals surface area (Å²) in [5.41, 5.74) is 1.49. The van der Waals surface area contributed by atoms with Crippen LogP contribution in [0, 0.1) is 11.7 Å². The van der Waals surface area contributed by atoms with Crippen molar-refractivity contribution in [2.24, 2.45) is 5.92 Å². The molecule has 8 nitrogen and oxygen atoms in total. The number of nitrogens with zero attached hydrogens (tertiary/aromatic N) is 3. The van der Waals surface area contributed by atoms with E-state index in [0.717, 1.165) is 25.1 Å². The maximum Gasteiger partial charge on any atom is 0.343 e. The Balaban J connectivity index is 1.48. The molecule has 1 aromatic heterocycles. The van der Waals surface area contributed by atoms with Crippen LogP contribution in [0.5, 0.6) is 0 Å². The minimum Gasteiger partial charge on any atom is -0.461 e. The van der Waals surface area contributed by atoms with Crippen LogP contribution in [0.1, 0.15) is 48.7 Å². The summed E-state index contributed by atoms with van der Waals surface area (Å²) in [4.78, 5) is 30.4. The Morgan fingerprint density at radius 1 is 1.23 bits per heavy atom. The Hall–Kier alpha value is -2.49. The summed E-state index contributed by atoms with van der Waals surface area (Å²) in [7, 11) is 0. The summed E-state index contributed by atoms with van der Waals surface area (Å²) in [6, 6.07) is 1.34. The number of carbonyl (C=O) groups is 1. The highest BCUT2D eigenvalue weighted by atomic mass is 19.1. The highest BCUT2D eigenvalue weighted by molar-refractivity contribution is 5.96. The molecule has 3 aliphatic heterocycles. The molecule has 0 saturated carbocycles. The Kier molecular flexibility index (Phi) is 6.83. The van der Waals surface area contributed by atoms with Crippen LogP contribution in [-0.4, -0.2) is 79.2 Å². The first-order chi connectivity index (χ1) is 16.8. The molecule has 0 bridgehead atoms. The second-order valence-corrected chi connectivity index (χ2v) is 10.1. The number of pyridine rings is 1. The quantitative estimate of drug-likeness (QED) is 0.648. The molecule has 4 heterocycles. The van der Waals surface area contributed by atoms with E-state index in [9.17, 15) is 14.7 Å². The van der Waals surface area contributed by atoms with Crippen molar-refractivity contribution < 1.29 is 23.8 Å². The van der Waals surface area contributed by atoms with Crippen LogP contribution in [0.2, 0.25) is 0 Å². The Bertz CT molecular complexity index is 1180. The highest BCUT2D eigenvalue weighted by Crippen LogP contribution is 2.39. The lowest BCUT2D eigenvalue weighted by atomic mass is 9.91. The minimum absolute atomic E-state index is 0.0327. The fourth-order valence-electron chi connectivity index (χ4n) is 5.63. The third kappa shape index (κ3) is 4.57. The van der Waals surface area contributed by atoms with Gasteiger partial charge in [0.15, 0.2) is 0 Å². The van der Waals surface area contributed by atoms with Crippen LogP contribution in [0.3, 0.4) is 0 Å². The van der Waals surface area contributed by atoms with Gasteiger partial charge in [0.25, 0.3) is 0 Å². The molecule has 2 saturated heterocycles.